The zero-order valence-corrected chi connectivity index (χ0v) is 7.54. The molecule has 0 aliphatic rings. The summed E-state index contributed by atoms with van der Waals surface area (Å²) in [6.45, 7) is 2.49. The molecule has 0 saturated carbocycles. The Morgan fingerprint density at radius 3 is 2.82 bits per heavy atom. The molecule has 1 rings (SSSR count). The lowest BCUT2D eigenvalue weighted by Gasteiger charge is -2.03. The fourth-order valence-electron chi connectivity index (χ4n) is 0.694. The van der Waals surface area contributed by atoms with Gasteiger partial charge in [0, 0.05) is 6.07 Å². The first-order valence-electron chi connectivity index (χ1n) is 3.23. The SMILES string of the molecule is CCOc1c[c]c(Cl)cc1Cl. The van der Waals surface area contributed by atoms with Gasteiger partial charge in [-0.3, -0.25) is 0 Å². The topological polar surface area (TPSA) is 9.23 Å². The Balaban J connectivity index is 2.90. The van der Waals surface area contributed by atoms with Gasteiger partial charge in [0.05, 0.1) is 16.7 Å². The number of hydrogen-bond acceptors (Lipinski definition) is 1. The van der Waals surface area contributed by atoms with E-state index in [-0.39, 0.29) is 0 Å². The molecule has 0 saturated heterocycles. The molecule has 1 radical (unpaired) electrons. The van der Waals surface area contributed by atoms with Gasteiger partial charge in [0.1, 0.15) is 5.75 Å². The predicted octanol–water partition coefficient (Wildman–Crippen LogP) is 3.19. The molecule has 1 nitrogen and oxygen atoms in total. The normalized spacial score (nSPS) is 9.73. The Kier molecular flexibility index (Phi) is 3.03. The lowest BCUT2D eigenvalue weighted by molar-refractivity contribution is 0.340. The first kappa shape index (κ1) is 8.69. The predicted molar refractivity (Wildman–Crippen MR) is 46.5 cm³/mol. The summed E-state index contributed by atoms with van der Waals surface area (Å²) in [7, 11) is 0. The van der Waals surface area contributed by atoms with Crippen molar-refractivity contribution in [2.45, 2.75) is 6.92 Å². The molecule has 0 aliphatic carbocycles. The van der Waals surface area contributed by atoms with Crippen molar-refractivity contribution in [3.8, 4) is 5.75 Å². The summed E-state index contributed by atoms with van der Waals surface area (Å²) in [5.41, 5.74) is 0. The van der Waals surface area contributed by atoms with Crippen molar-refractivity contribution in [2.24, 2.45) is 0 Å². The molecule has 0 fully saturated rings. The third kappa shape index (κ3) is 2.28. The van der Waals surface area contributed by atoms with Gasteiger partial charge in [0.2, 0.25) is 0 Å². The fraction of sp³-hybridized carbons (Fsp3) is 0.250. The van der Waals surface area contributed by atoms with E-state index in [4.69, 9.17) is 27.9 Å². The number of hydrogen-bond donors (Lipinski definition) is 0. The fourth-order valence-corrected chi connectivity index (χ4v) is 1.13. The largest absolute Gasteiger partial charge is 0.492 e. The molecule has 0 atom stereocenters. The number of benzene rings is 1. The Bertz CT molecular complexity index is 248. The highest BCUT2D eigenvalue weighted by molar-refractivity contribution is 6.35. The van der Waals surface area contributed by atoms with Crippen molar-refractivity contribution in [3.05, 3.63) is 28.2 Å². The van der Waals surface area contributed by atoms with E-state index in [2.05, 4.69) is 6.07 Å². The second-order valence-electron chi connectivity index (χ2n) is 1.93. The van der Waals surface area contributed by atoms with E-state index in [1.54, 1.807) is 12.1 Å². The molecule has 1 aromatic rings. The van der Waals surface area contributed by atoms with E-state index in [0.29, 0.717) is 22.4 Å². The van der Waals surface area contributed by atoms with Crippen molar-refractivity contribution in [3.63, 3.8) is 0 Å². The Labute approximate surface area is 75.9 Å². The summed E-state index contributed by atoms with van der Waals surface area (Å²) in [5.74, 6) is 0.624. The third-order valence-corrected chi connectivity index (χ3v) is 1.64. The first-order chi connectivity index (χ1) is 5.24. The van der Waals surface area contributed by atoms with Gasteiger partial charge in [-0.05, 0) is 19.1 Å². The molecule has 0 heterocycles. The molecular weight excluding hydrogens is 183 g/mol. The van der Waals surface area contributed by atoms with E-state index < -0.39 is 0 Å². The van der Waals surface area contributed by atoms with Crippen LogP contribution in [0.15, 0.2) is 12.1 Å². The van der Waals surface area contributed by atoms with Crippen LogP contribution in [0.2, 0.25) is 10.0 Å². The Morgan fingerprint density at radius 1 is 1.55 bits per heavy atom. The van der Waals surface area contributed by atoms with Gasteiger partial charge in [0.25, 0.3) is 0 Å². The molecule has 3 heteroatoms. The van der Waals surface area contributed by atoms with Crippen LogP contribution >= 0.6 is 23.2 Å². The van der Waals surface area contributed by atoms with Crippen LogP contribution in [-0.4, -0.2) is 6.61 Å². The smallest absolute Gasteiger partial charge is 0.138 e. The van der Waals surface area contributed by atoms with Gasteiger partial charge in [-0.15, -0.1) is 0 Å². The Hall–Kier alpha value is -0.400. The van der Waals surface area contributed by atoms with Crippen LogP contribution in [0.3, 0.4) is 0 Å². The van der Waals surface area contributed by atoms with Crippen molar-refractivity contribution in [2.75, 3.05) is 6.61 Å². The molecule has 0 amide bonds. The maximum Gasteiger partial charge on any atom is 0.138 e. The summed E-state index contributed by atoms with van der Waals surface area (Å²) >= 11 is 11.4. The minimum absolute atomic E-state index is 0.499. The van der Waals surface area contributed by atoms with Crippen molar-refractivity contribution in [1.82, 2.24) is 0 Å². The second kappa shape index (κ2) is 3.84. The molecule has 0 spiro atoms. The Morgan fingerprint density at radius 2 is 2.27 bits per heavy atom. The van der Waals surface area contributed by atoms with Gasteiger partial charge in [-0.1, -0.05) is 23.2 Å². The lowest BCUT2D eigenvalue weighted by atomic mass is 10.3. The third-order valence-electron chi connectivity index (χ3n) is 1.13. The molecule has 0 unspecified atom stereocenters. The van der Waals surface area contributed by atoms with Crippen LogP contribution in [0.25, 0.3) is 0 Å². The maximum atomic E-state index is 5.78. The van der Waals surface area contributed by atoms with Crippen LogP contribution in [0, 0.1) is 6.07 Å². The average molecular weight is 190 g/mol. The molecule has 11 heavy (non-hydrogen) atoms. The summed E-state index contributed by atoms with van der Waals surface area (Å²) in [4.78, 5) is 0. The number of ether oxygens (including phenoxy) is 1. The van der Waals surface area contributed by atoms with E-state index in [9.17, 15) is 0 Å². The summed E-state index contributed by atoms with van der Waals surface area (Å²) < 4.78 is 5.17. The van der Waals surface area contributed by atoms with Crippen LogP contribution in [0.4, 0.5) is 0 Å². The number of rotatable bonds is 2. The summed E-state index contributed by atoms with van der Waals surface area (Å²) in [6, 6.07) is 6.02. The highest BCUT2D eigenvalue weighted by Gasteiger charge is 2.00. The zero-order chi connectivity index (χ0) is 8.27. The zero-order valence-electron chi connectivity index (χ0n) is 6.03. The van der Waals surface area contributed by atoms with Gasteiger partial charge in [-0.25, -0.2) is 0 Å². The molecule has 0 bridgehead atoms. The monoisotopic (exact) mass is 189 g/mol. The number of halogens is 2. The summed E-state index contributed by atoms with van der Waals surface area (Å²) in [6.07, 6.45) is 0. The van der Waals surface area contributed by atoms with Crippen molar-refractivity contribution in [1.29, 1.82) is 0 Å². The van der Waals surface area contributed by atoms with Gasteiger partial charge < -0.3 is 4.74 Å². The van der Waals surface area contributed by atoms with Gasteiger partial charge in [-0.2, -0.15) is 0 Å². The van der Waals surface area contributed by atoms with Crippen molar-refractivity contribution >= 4 is 23.2 Å². The quantitative estimate of drug-likeness (QED) is 0.695. The maximum absolute atomic E-state index is 5.78. The molecule has 0 aliphatic heterocycles. The van der Waals surface area contributed by atoms with E-state index in [0.717, 1.165) is 0 Å². The summed E-state index contributed by atoms with van der Waals surface area (Å²) in [5, 5.41) is 1.02. The molecule has 0 N–H and O–H groups in total. The lowest BCUT2D eigenvalue weighted by Crippen LogP contribution is -1.91. The standard InChI is InChI=1S/C8H7Cl2O/c1-2-11-8-4-3-6(9)5-7(8)10/h4-5H,2H2,1H3. The molecule has 1 aromatic carbocycles. The van der Waals surface area contributed by atoms with Crippen molar-refractivity contribution < 1.29 is 4.74 Å². The van der Waals surface area contributed by atoms with Gasteiger partial charge in [0.15, 0.2) is 0 Å². The van der Waals surface area contributed by atoms with Gasteiger partial charge >= 0.3 is 0 Å². The highest BCUT2D eigenvalue weighted by Crippen LogP contribution is 2.26. The van der Waals surface area contributed by atoms with E-state index >= 15 is 0 Å². The second-order valence-corrected chi connectivity index (χ2v) is 2.74. The minimum atomic E-state index is 0.499. The molecular formula is C8H7Cl2O. The first-order valence-corrected chi connectivity index (χ1v) is 3.99. The van der Waals surface area contributed by atoms with Crippen LogP contribution in [0.5, 0.6) is 5.75 Å². The average Bonchev–Trinajstić information content (AvgIpc) is 1.95. The minimum Gasteiger partial charge on any atom is -0.492 e. The molecule has 0 aromatic heterocycles. The van der Waals surface area contributed by atoms with Crippen LogP contribution < -0.4 is 4.74 Å². The molecule has 59 valence electrons. The highest BCUT2D eigenvalue weighted by atomic mass is 35.5. The van der Waals surface area contributed by atoms with Crippen LogP contribution in [0.1, 0.15) is 6.92 Å². The van der Waals surface area contributed by atoms with E-state index in [1.165, 1.54) is 0 Å². The van der Waals surface area contributed by atoms with E-state index in [1.807, 2.05) is 6.92 Å². The van der Waals surface area contributed by atoms with Crippen LogP contribution in [-0.2, 0) is 0 Å².